The van der Waals surface area contributed by atoms with E-state index in [1.54, 1.807) is 12.4 Å². The van der Waals surface area contributed by atoms with Crippen LogP contribution < -0.4 is 15.5 Å². The monoisotopic (exact) mass is 548 g/mol. The molecule has 1 fully saturated rings. The number of morpholine rings is 1. The molecule has 0 spiro atoms. The summed E-state index contributed by atoms with van der Waals surface area (Å²) in [5.74, 6) is 0.179. The lowest BCUT2D eigenvalue weighted by atomic mass is 9.95. The molecule has 2 aromatic heterocycles. The van der Waals surface area contributed by atoms with Crippen LogP contribution in [-0.2, 0) is 24.1 Å². The van der Waals surface area contributed by atoms with Crippen LogP contribution >= 0.6 is 11.3 Å². The Labute approximate surface area is 233 Å². The topological polar surface area (TPSA) is 99.7 Å². The highest BCUT2D eigenvalue weighted by Gasteiger charge is 2.27. The van der Waals surface area contributed by atoms with E-state index in [9.17, 15) is 9.59 Å². The Morgan fingerprint density at radius 2 is 1.77 bits per heavy atom. The molecule has 2 N–H and O–H groups in total. The van der Waals surface area contributed by atoms with E-state index in [2.05, 4.69) is 39.3 Å². The molecule has 3 aromatic rings. The number of carbonyl (C=O) groups excluding carboxylic acids is 2. The maximum atomic E-state index is 13.6. The molecule has 0 atom stereocenters. The second-order valence-electron chi connectivity index (χ2n) is 9.86. The average molecular weight is 549 g/mol. The van der Waals surface area contributed by atoms with Gasteiger partial charge in [-0.15, -0.1) is 11.3 Å². The summed E-state index contributed by atoms with van der Waals surface area (Å²) in [7, 11) is 0. The van der Waals surface area contributed by atoms with Gasteiger partial charge in [-0.3, -0.25) is 14.5 Å². The summed E-state index contributed by atoms with van der Waals surface area (Å²) in [5, 5.41) is 6.63. The number of hydrogen-bond acceptors (Lipinski definition) is 8. The number of nitrogens with zero attached hydrogens (tertiary/aromatic N) is 4. The highest BCUT2D eigenvalue weighted by atomic mass is 32.1. The largest absolute Gasteiger partial charge is 0.379 e. The number of carbonyl (C=O) groups is 2. The molecule has 0 unspecified atom stereocenters. The van der Waals surface area contributed by atoms with Gasteiger partial charge in [-0.1, -0.05) is 12.1 Å². The Balaban J connectivity index is 1.34. The number of amides is 2. The first kappa shape index (κ1) is 27.2. The van der Waals surface area contributed by atoms with E-state index < -0.39 is 0 Å². The third-order valence-electron chi connectivity index (χ3n) is 7.27. The number of aromatic nitrogens is 2. The van der Waals surface area contributed by atoms with Gasteiger partial charge in [0.05, 0.1) is 36.9 Å². The van der Waals surface area contributed by atoms with Gasteiger partial charge < -0.3 is 20.3 Å². The zero-order valence-corrected chi connectivity index (χ0v) is 23.5. The second-order valence-corrected chi connectivity index (χ2v) is 11.0. The van der Waals surface area contributed by atoms with Crippen molar-refractivity contribution < 1.29 is 14.3 Å². The van der Waals surface area contributed by atoms with Gasteiger partial charge in [-0.25, -0.2) is 9.97 Å². The minimum Gasteiger partial charge on any atom is -0.379 e. The van der Waals surface area contributed by atoms with Crippen molar-refractivity contribution in [1.29, 1.82) is 0 Å². The highest BCUT2D eigenvalue weighted by molar-refractivity contribution is 7.17. The van der Waals surface area contributed by atoms with Crippen molar-refractivity contribution in [2.75, 3.05) is 54.9 Å². The molecule has 1 aromatic carbocycles. The molecule has 0 bridgehead atoms. The summed E-state index contributed by atoms with van der Waals surface area (Å²) in [5.41, 5.74) is 3.79. The molecule has 5 rings (SSSR count). The van der Waals surface area contributed by atoms with Gasteiger partial charge in [-0.05, 0) is 62.8 Å². The van der Waals surface area contributed by atoms with Crippen molar-refractivity contribution in [3.05, 3.63) is 63.8 Å². The third-order valence-corrected chi connectivity index (χ3v) is 8.47. The number of fused-ring (bicyclic) bond motifs is 1. The molecule has 206 valence electrons. The molecule has 1 aliphatic carbocycles. The van der Waals surface area contributed by atoms with Gasteiger partial charge in [0.1, 0.15) is 5.00 Å². The summed E-state index contributed by atoms with van der Waals surface area (Å²) in [6, 6.07) is 7.72. The first-order valence-electron chi connectivity index (χ1n) is 13.8. The van der Waals surface area contributed by atoms with E-state index in [1.807, 2.05) is 29.2 Å². The smallest absolute Gasteiger partial charge is 0.259 e. The summed E-state index contributed by atoms with van der Waals surface area (Å²) in [6.45, 7) is 9.75. The predicted octanol–water partition coefficient (Wildman–Crippen LogP) is 4.60. The SMILES string of the molecule is CCN(CC)c1ncc(NC(=O)c2c(NC(=O)c3cccc(CN4CCOCC4)c3)sc3c2CCCC3)cn1. The summed E-state index contributed by atoms with van der Waals surface area (Å²) in [6.07, 6.45) is 7.14. The van der Waals surface area contributed by atoms with Crippen LogP contribution in [0.5, 0.6) is 0 Å². The van der Waals surface area contributed by atoms with Crippen molar-refractivity contribution in [1.82, 2.24) is 14.9 Å². The number of benzene rings is 1. The van der Waals surface area contributed by atoms with Crippen molar-refractivity contribution in [2.45, 2.75) is 46.1 Å². The van der Waals surface area contributed by atoms with Gasteiger partial charge in [-0.2, -0.15) is 0 Å². The molecule has 10 heteroatoms. The summed E-state index contributed by atoms with van der Waals surface area (Å²) >= 11 is 1.52. The Bertz CT molecular complexity index is 1300. The predicted molar refractivity (Wildman–Crippen MR) is 155 cm³/mol. The Kier molecular flexibility index (Phi) is 8.85. The van der Waals surface area contributed by atoms with Gasteiger partial charge in [0.2, 0.25) is 5.95 Å². The van der Waals surface area contributed by atoms with Crippen LogP contribution in [0.2, 0.25) is 0 Å². The fourth-order valence-electron chi connectivity index (χ4n) is 5.15. The number of rotatable bonds is 9. The summed E-state index contributed by atoms with van der Waals surface area (Å²) < 4.78 is 5.45. The highest BCUT2D eigenvalue weighted by Crippen LogP contribution is 2.39. The molecule has 9 nitrogen and oxygen atoms in total. The van der Waals surface area contributed by atoms with Gasteiger partial charge in [0.25, 0.3) is 11.8 Å². The van der Waals surface area contributed by atoms with Crippen LogP contribution in [-0.4, -0.2) is 66.1 Å². The van der Waals surface area contributed by atoms with Crippen molar-refractivity contribution in [3.63, 3.8) is 0 Å². The van der Waals surface area contributed by atoms with Crippen molar-refractivity contribution in [2.24, 2.45) is 0 Å². The van der Waals surface area contributed by atoms with Crippen LogP contribution in [0.1, 0.15) is 63.4 Å². The molecule has 1 aliphatic heterocycles. The van der Waals surface area contributed by atoms with Crippen LogP contribution in [0.15, 0.2) is 36.7 Å². The lowest BCUT2D eigenvalue weighted by molar-refractivity contribution is 0.0342. The normalized spacial score (nSPS) is 15.4. The van der Waals surface area contributed by atoms with Gasteiger partial charge >= 0.3 is 0 Å². The van der Waals surface area contributed by atoms with E-state index in [0.29, 0.717) is 27.8 Å². The molecule has 2 aliphatic rings. The van der Waals surface area contributed by atoms with Crippen LogP contribution in [0.3, 0.4) is 0 Å². The minimum atomic E-state index is -0.245. The van der Waals surface area contributed by atoms with E-state index in [4.69, 9.17) is 4.74 Å². The number of ether oxygens (including phenoxy) is 1. The van der Waals surface area contributed by atoms with Crippen LogP contribution in [0, 0.1) is 0 Å². The lowest BCUT2D eigenvalue weighted by Gasteiger charge is -2.26. The molecule has 0 saturated carbocycles. The van der Waals surface area contributed by atoms with Crippen molar-refractivity contribution >= 4 is 39.8 Å². The second kappa shape index (κ2) is 12.7. The minimum absolute atomic E-state index is 0.210. The summed E-state index contributed by atoms with van der Waals surface area (Å²) in [4.78, 5) is 41.3. The average Bonchev–Trinajstić information content (AvgIpc) is 3.33. The van der Waals surface area contributed by atoms with E-state index in [1.165, 1.54) is 16.2 Å². The molecular formula is C29H36N6O3S. The number of aryl methyl sites for hydroxylation is 1. The number of hydrogen-bond donors (Lipinski definition) is 2. The maximum absolute atomic E-state index is 13.6. The molecule has 3 heterocycles. The van der Waals surface area contributed by atoms with E-state index >= 15 is 0 Å². The zero-order valence-electron chi connectivity index (χ0n) is 22.7. The molecule has 2 amide bonds. The van der Waals surface area contributed by atoms with Crippen LogP contribution in [0.4, 0.5) is 16.6 Å². The molecular weight excluding hydrogens is 512 g/mol. The standard InChI is InChI=1S/C29H36N6O3S/c1-3-35(4-2)29-30-17-22(18-31-29)32-27(37)25-23-10-5-6-11-24(23)39-28(25)33-26(36)21-9-7-8-20(16-21)19-34-12-14-38-15-13-34/h7-9,16-18H,3-6,10-15,19H2,1-2H3,(H,32,37)(H,33,36). The first-order chi connectivity index (χ1) is 19.1. The zero-order chi connectivity index (χ0) is 27.2. The fourth-order valence-corrected chi connectivity index (χ4v) is 6.43. The quantitative estimate of drug-likeness (QED) is 0.403. The third kappa shape index (κ3) is 6.46. The molecule has 0 radical (unpaired) electrons. The van der Waals surface area contributed by atoms with E-state index in [0.717, 1.165) is 82.7 Å². The van der Waals surface area contributed by atoms with Crippen LogP contribution in [0.25, 0.3) is 0 Å². The van der Waals surface area contributed by atoms with E-state index in [-0.39, 0.29) is 11.8 Å². The number of thiophene rings is 1. The lowest BCUT2D eigenvalue weighted by Crippen LogP contribution is -2.35. The van der Waals surface area contributed by atoms with Crippen molar-refractivity contribution in [3.8, 4) is 0 Å². The molecule has 1 saturated heterocycles. The van der Waals surface area contributed by atoms with Gasteiger partial charge in [0.15, 0.2) is 0 Å². The number of anilines is 3. The Morgan fingerprint density at radius 1 is 1.03 bits per heavy atom. The number of nitrogens with one attached hydrogen (secondary N) is 2. The molecule has 39 heavy (non-hydrogen) atoms. The first-order valence-corrected chi connectivity index (χ1v) is 14.6. The fraction of sp³-hybridized carbons (Fsp3) is 0.448. The Morgan fingerprint density at radius 3 is 2.51 bits per heavy atom. The van der Waals surface area contributed by atoms with Gasteiger partial charge in [0, 0.05) is 43.2 Å². The Hall–Kier alpha value is -3.34. The maximum Gasteiger partial charge on any atom is 0.259 e.